The van der Waals surface area contributed by atoms with Gasteiger partial charge in [-0.2, -0.15) is 0 Å². The molecule has 1 nitrogen and oxygen atoms in total. The Morgan fingerprint density at radius 1 is 1.33 bits per heavy atom. The zero-order chi connectivity index (χ0) is 15.6. The molecule has 0 aliphatic heterocycles. The molecule has 1 saturated carbocycles. The van der Waals surface area contributed by atoms with Crippen LogP contribution in [0.15, 0.2) is 10.5 Å². The van der Waals surface area contributed by atoms with Crippen LogP contribution in [-0.4, -0.2) is 6.54 Å². The van der Waals surface area contributed by atoms with Crippen LogP contribution in [0.4, 0.5) is 0 Å². The van der Waals surface area contributed by atoms with E-state index < -0.39 is 0 Å². The lowest BCUT2D eigenvalue weighted by Crippen LogP contribution is -2.33. The lowest BCUT2D eigenvalue weighted by atomic mass is 9.68. The summed E-state index contributed by atoms with van der Waals surface area (Å²) >= 11 is 11.5. The molecule has 1 aliphatic carbocycles. The Labute approximate surface area is 147 Å². The fraction of sp³-hybridized carbons (Fsp3) is 0.765. The Morgan fingerprint density at radius 2 is 1.95 bits per heavy atom. The van der Waals surface area contributed by atoms with E-state index in [0.717, 1.165) is 27.2 Å². The molecule has 0 aromatic carbocycles. The molecule has 0 bridgehead atoms. The lowest BCUT2D eigenvalue weighted by Gasteiger charge is -2.39. The summed E-state index contributed by atoms with van der Waals surface area (Å²) in [7, 11) is 0. The molecule has 1 heterocycles. The fourth-order valence-electron chi connectivity index (χ4n) is 3.55. The van der Waals surface area contributed by atoms with Crippen molar-refractivity contribution < 1.29 is 0 Å². The van der Waals surface area contributed by atoms with Gasteiger partial charge < -0.3 is 5.32 Å². The third-order valence-corrected chi connectivity index (χ3v) is 7.42. The van der Waals surface area contributed by atoms with Gasteiger partial charge in [-0.1, -0.05) is 39.3 Å². The molecule has 0 amide bonds. The normalized spacial score (nSPS) is 25.0. The second-order valence-electron chi connectivity index (χ2n) is 7.28. The molecule has 2 rings (SSSR count). The van der Waals surface area contributed by atoms with Gasteiger partial charge in [0.1, 0.15) is 4.34 Å². The van der Waals surface area contributed by atoms with Crippen molar-refractivity contribution in [3.63, 3.8) is 0 Å². The van der Waals surface area contributed by atoms with E-state index in [9.17, 15) is 0 Å². The van der Waals surface area contributed by atoms with Gasteiger partial charge in [-0.25, -0.2) is 0 Å². The van der Waals surface area contributed by atoms with Gasteiger partial charge in [0, 0.05) is 15.4 Å². The van der Waals surface area contributed by atoms with E-state index in [1.807, 2.05) is 0 Å². The molecule has 1 aromatic rings. The molecule has 120 valence electrons. The highest BCUT2D eigenvalue weighted by Gasteiger charge is 2.33. The maximum atomic E-state index is 6.24. The molecule has 21 heavy (non-hydrogen) atoms. The van der Waals surface area contributed by atoms with E-state index in [1.54, 1.807) is 11.3 Å². The first-order valence-corrected chi connectivity index (χ1v) is 9.99. The molecular weight excluding hydrogens is 366 g/mol. The molecular formula is C17H27BrClNS. The number of hydrogen-bond donors (Lipinski definition) is 1. The molecule has 4 heteroatoms. The second-order valence-corrected chi connectivity index (χ2v) is 9.82. The van der Waals surface area contributed by atoms with Crippen molar-refractivity contribution in [2.75, 3.05) is 6.54 Å². The van der Waals surface area contributed by atoms with Crippen molar-refractivity contribution in [2.45, 2.75) is 59.4 Å². The zero-order valence-electron chi connectivity index (χ0n) is 13.5. The third kappa shape index (κ3) is 4.46. The summed E-state index contributed by atoms with van der Waals surface area (Å²) in [6.07, 6.45) is 5.37. The smallest absolute Gasteiger partial charge is 0.107 e. The maximum Gasteiger partial charge on any atom is 0.107 e. The van der Waals surface area contributed by atoms with Crippen LogP contribution < -0.4 is 5.32 Å². The van der Waals surface area contributed by atoms with Crippen molar-refractivity contribution >= 4 is 38.9 Å². The first-order valence-electron chi connectivity index (χ1n) is 8.01. The standard InChI is InChI=1S/C17H27BrClNS/c1-5-20-15(14-10-13(18)16(19)21-14)11-6-8-12(9-7-11)17(2,3)4/h10-12,15,20H,5-9H2,1-4H3. The van der Waals surface area contributed by atoms with Crippen LogP contribution in [0.25, 0.3) is 0 Å². The molecule has 1 atom stereocenters. The quantitative estimate of drug-likeness (QED) is 0.603. The monoisotopic (exact) mass is 391 g/mol. The minimum Gasteiger partial charge on any atom is -0.309 e. The van der Waals surface area contributed by atoms with Crippen molar-refractivity contribution in [1.82, 2.24) is 5.32 Å². The molecule has 1 unspecified atom stereocenters. The summed E-state index contributed by atoms with van der Waals surface area (Å²) < 4.78 is 1.91. The first kappa shape index (κ1) is 17.8. The molecule has 1 N–H and O–H groups in total. The van der Waals surface area contributed by atoms with Gasteiger partial charge in [-0.15, -0.1) is 11.3 Å². The van der Waals surface area contributed by atoms with Crippen LogP contribution in [-0.2, 0) is 0 Å². The summed E-state index contributed by atoms with van der Waals surface area (Å²) in [6.45, 7) is 10.4. The van der Waals surface area contributed by atoms with E-state index in [4.69, 9.17) is 11.6 Å². The van der Waals surface area contributed by atoms with Crippen molar-refractivity contribution in [2.24, 2.45) is 17.3 Å². The highest BCUT2D eigenvalue weighted by Crippen LogP contribution is 2.45. The Kier molecular flexibility index (Phi) is 6.21. The summed E-state index contributed by atoms with van der Waals surface area (Å²) in [5.74, 6) is 1.61. The van der Waals surface area contributed by atoms with Gasteiger partial charge in [0.15, 0.2) is 0 Å². The summed E-state index contributed by atoms with van der Waals surface area (Å²) in [5.41, 5.74) is 0.452. The first-order chi connectivity index (χ1) is 9.82. The highest BCUT2D eigenvalue weighted by atomic mass is 79.9. The van der Waals surface area contributed by atoms with Crippen LogP contribution in [0.1, 0.15) is 64.3 Å². The van der Waals surface area contributed by atoms with Gasteiger partial charge in [-0.05, 0) is 71.5 Å². The summed E-state index contributed by atoms with van der Waals surface area (Å²) in [6, 6.07) is 2.67. The highest BCUT2D eigenvalue weighted by molar-refractivity contribution is 9.10. The zero-order valence-corrected chi connectivity index (χ0v) is 16.7. The van der Waals surface area contributed by atoms with Crippen molar-refractivity contribution in [3.05, 3.63) is 19.8 Å². The third-order valence-electron chi connectivity index (χ3n) is 4.86. The van der Waals surface area contributed by atoms with Crippen LogP contribution in [0.2, 0.25) is 4.34 Å². The largest absolute Gasteiger partial charge is 0.309 e. The maximum absolute atomic E-state index is 6.24. The summed E-state index contributed by atoms with van der Waals surface area (Å²) in [4.78, 5) is 1.38. The minimum atomic E-state index is 0.452. The molecule has 1 fully saturated rings. The van der Waals surface area contributed by atoms with Crippen LogP contribution in [0.3, 0.4) is 0 Å². The van der Waals surface area contributed by atoms with E-state index in [1.165, 1.54) is 30.6 Å². The van der Waals surface area contributed by atoms with Gasteiger partial charge in [0.25, 0.3) is 0 Å². The van der Waals surface area contributed by atoms with E-state index in [-0.39, 0.29) is 0 Å². The molecule has 0 saturated heterocycles. The van der Waals surface area contributed by atoms with E-state index >= 15 is 0 Å². The van der Waals surface area contributed by atoms with Crippen molar-refractivity contribution in [1.29, 1.82) is 0 Å². The van der Waals surface area contributed by atoms with Gasteiger partial charge in [-0.3, -0.25) is 0 Å². The molecule has 0 radical (unpaired) electrons. The number of hydrogen-bond acceptors (Lipinski definition) is 2. The average molecular weight is 393 g/mol. The number of halogens is 2. The molecule has 0 spiro atoms. The van der Waals surface area contributed by atoms with Gasteiger partial charge >= 0.3 is 0 Å². The van der Waals surface area contributed by atoms with Crippen LogP contribution in [0, 0.1) is 17.3 Å². The predicted molar refractivity (Wildman–Crippen MR) is 98.3 cm³/mol. The number of thiophene rings is 1. The Morgan fingerprint density at radius 3 is 2.38 bits per heavy atom. The minimum absolute atomic E-state index is 0.452. The SMILES string of the molecule is CCNC(c1cc(Br)c(Cl)s1)C1CCC(C(C)(C)C)CC1. The van der Waals surface area contributed by atoms with Crippen LogP contribution in [0.5, 0.6) is 0 Å². The fourth-order valence-corrected chi connectivity index (χ4v) is 5.46. The number of rotatable bonds is 4. The van der Waals surface area contributed by atoms with Crippen LogP contribution >= 0.6 is 38.9 Å². The Bertz CT molecular complexity index is 438. The molecule has 1 aromatic heterocycles. The average Bonchev–Trinajstić information content (AvgIpc) is 2.75. The van der Waals surface area contributed by atoms with Gasteiger partial charge in [0.2, 0.25) is 0 Å². The Hall–Kier alpha value is 0.430. The van der Waals surface area contributed by atoms with E-state index in [0.29, 0.717) is 11.5 Å². The topological polar surface area (TPSA) is 12.0 Å². The lowest BCUT2D eigenvalue weighted by molar-refractivity contribution is 0.133. The molecule has 1 aliphatic rings. The second kappa shape index (κ2) is 7.33. The van der Waals surface area contributed by atoms with E-state index in [2.05, 4.69) is 55.0 Å². The van der Waals surface area contributed by atoms with Crippen molar-refractivity contribution in [3.8, 4) is 0 Å². The number of nitrogens with one attached hydrogen (secondary N) is 1. The summed E-state index contributed by atoms with van der Waals surface area (Å²) in [5, 5.41) is 3.69. The van der Waals surface area contributed by atoms with Gasteiger partial charge in [0.05, 0.1) is 0 Å². The Balaban J connectivity index is 2.07. The predicted octanol–water partition coefficient (Wildman–Crippen LogP) is 6.67.